The monoisotopic (exact) mass is 439 g/mol. The van der Waals surface area contributed by atoms with Crippen LogP contribution in [0.2, 0.25) is 0 Å². The zero-order valence-corrected chi connectivity index (χ0v) is 18.8. The van der Waals surface area contributed by atoms with Gasteiger partial charge in [0.2, 0.25) is 0 Å². The Kier molecular flexibility index (Phi) is 6.37. The molecule has 0 fully saturated rings. The first kappa shape index (κ1) is 22.1. The van der Waals surface area contributed by atoms with Crippen LogP contribution in [0.25, 0.3) is 10.9 Å². The summed E-state index contributed by atoms with van der Waals surface area (Å²) in [5, 5.41) is 4.36. The molecule has 2 N–H and O–H groups in total. The molecule has 6 nitrogen and oxygen atoms in total. The molecule has 170 valence electrons. The van der Waals surface area contributed by atoms with Gasteiger partial charge in [-0.3, -0.25) is 4.90 Å². The Bertz CT molecular complexity index is 1090. The van der Waals surface area contributed by atoms with Crippen LogP contribution in [0.4, 0.5) is 14.9 Å². The van der Waals surface area contributed by atoms with Gasteiger partial charge in [-0.1, -0.05) is 12.1 Å². The van der Waals surface area contributed by atoms with Crippen LogP contribution in [0.5, 0.6) is 5.75 Å². The Morgan fingerprint density at radius 3 is 2.91 bits per heavy atom. The molecule has 0 bridgehead atoms. The highest BCUT2D eigenvalue weighted by Gasteiger charge is 2.32. The van der Waals surface area contributed by atoms with Gasteiger partial charge in [-0.25, -0.2) is 9.18 Å². The van der Waals surface area contributed by atoms with Crippen LogP contribution in [-0.4, -0.2) is 42.4 Å². The average Bonchev–Trinajstić information content (AvgIpc) is 3.13. The number of carbonyl (C=O) groups excluding carboxylic acids is 1. The second-order valence-electron chi connectivity index (χ2n) is 9.11. The van der Waals surface area contributed by atoms with Gasteiger partial charge in [0.05, 0.1) is 12.2 Å². The van der Waals surface area contributed by atoms with Crippen molar-refractivity contribution in [2.75, 3.05) is 24.5 Å². The molecular formula is C25H30FN3O3. The smallest absolute Gasteiger partial charge is 0.415 e. The fourth-order valence-electron chi connectivity index (χ4n) is 3.92. The maximum Gasteiger partial charge on any atom is 0.415 e. The third-order valence-electron chi connectivity index (χ3n) is 5.35. The molecule has 0 aliphatic carbocycles. The second-order valence-corrected chi connectivity index (χ2v) is 9.11. The molecule has 32 heavy (non-hydrogen) atoms. The minimum atomic E-state index is -0.566. The quantitative estimate of drug-likeness (QED) is 0.529. The van der Waals surface area contributed by atoms with E-state index in [-0.39, 0.29) is 18.0 Å². The lowest BCUT2D eigenvalue weighted by atomic mass is 10.1. The molecule has 0 saturated carbocycles. The van der Waals surface area contributed by atoms with Gasteiger partial charge in [-0.15, -0.1) is 0 Å². The van der Waals surface area contributed by atoms with Crippen molar-refractivity contribution in [3.8, 4) is 5.75 Å². The predicted molar refractivity (Wildman–Crippen MR) is 124 cm³/mol. The maximum atomic E-state index is 13.6. The van der Waals surface area contributed by atoms with Crippen LogP contribution in [0.3, 0.4) is 0 Å². The zero-order valence-electron chi connectivity index (χ0n) is 18.8. The molecule has 1 aromatic heterocycles. The first-order valence-electron chi connectivity index (χ1n) is 11.0. The van der Waals surface area contributed by atoms with Crippen LogP contribution in [-0.2, 0) is 11.2 Å². The first-order valence-corrected chi connectivity index (χ1v) is 11.0. The van der Waals surface area contributed by atoms with Gasteiger partial charge in [0.1, 0.15) is 23.3 Å². The van der Waals surface area contributed by atoms with Gasteiger partial charge < -0.3 is 19.8 Å². The Morgan fingerprint density at radius 1 is 1.28 bits per heavy atom. The second kappa shape index (κ2) is 9.20. The van der Waals surface area contributed by atoms with E-state index in [2.05, 4.69) is 10.3 Å². The van der Waals surface area contributed by atoms with Crippen LogP contribution in [0.15, 0.2) is 48.7 Å². The van der Waals surface area contributed by atoms with Gasteiger partial charge in [0, 0.05) is 23.6 Å². The van der Waals surface area contributed by atoms with Gasteiger partial charge in [-0.05, 0) is 76.1 Å². The van der Waals surface area contributed by atoms with E-state index in [9.17, 15) is 9.18 Å². The molecule has 0 radical (unpaired) electrons. The van der Waals surface area contributed by atoms with Gasteiger partial charge >= 0.3 is 6.09 Å². The summed E-state index contributed by atoms with van der Waals surface area (Å²) in [7, 11) is 0. The van der Waals surface area contributed by atoms with E-state index in [1.165, 1.54) is 6.07 Å². The van der Waals surface area contributed by atoms with Crippen molar-refractivity contribution >= 4 is 22.7 Å². The number of ether oxygens (including phenoxy) is 2. The minimum absolute atomic E-state index is 0.181. The molecule has 0 saturated heterocycles. The van der Waals surface area contributed by atoms with Crippen LogP contribution in [0.1, 0.15) is 32.8 Å². The van der Waals surface area contributed by atoms with E-state index in [4.69, 9.17) is 9.47 Å². The van der Waals surface area contributed by atoms with Crippen LogP contribution < -0.4 is 15.0 Å². The van der Waals surface area contributed by atoms with Crippen LogP contribution in [0, 0.1) is 5.82 Å². The van der Waals surface area contributed by atoms with E-state index in [0.29, 0.717) is 18.8 Å². The van der Waals surface area contributed by atoms with Crippen molar-refractivity contribution in [3.63, 3.8) is 0 Å². The number of hydrogen-bond donors (Lipinski definition) is 2. The van der Waals surface area contributed by atoms with E-state index < -0.39 is 5.60 Å². The summed E-state index contributed by atoms with van der Waals surface area (Å²) in [6.45, 7) is 7.39. The number of aromatic nitrogens is 1. The van der Waals surface area contributed by atoms with Crippen molar-refractivity contribution < 1.29 is 18.7 Å². The fourth-order valence-corrected chi connectivity index (χ4v) is 3.92. The lowest BCUT2D eigenvalue weighted by Gasteiger charge is -2.35. The first-order chi connectivity index (χ1) is 15.3. The Hall–Kier alpha value is -3.06. The molecular weight excluding hydrogens is 409 g/mol. The maximum absolute atomic E-state index is 13.6. The number of nitrogens with zero attached hydrogens (tertiary/aromatic N) is 1. The largest absolute Gasteiger partial charge is 0.485 e. The fraction of sp³-hybridized carbons (Fsp3) is 0.400. The number of aromatic amines is 1. The number of rotatable bonds is 6. The third kappa shape index (κ3) is 5.22. The van der Waals surface area contributed by atoms with Crippen molar-refractivity contribution in [3.05, 3.63) is 60.0 Å². The summed E-state index contributed by atoms with van der Waals surface area (Å²) in [6.07, 6.45) is 3.14. The van der Waals surface area contributed by atoms with Crippen molar-refractivity contribution in [1.82, 2.24) is 10.3 Å². The lowest BCUT2D eigenvalue weighted by molar-refractivity contribution is 0.0547. The number of carbonyl (C=O) groups is 1. The molecule has 2 heterocycles. The van der Waals surface area contributed by atoms with Gasteiger partial charge in [0.15, 0.2) is 0 Å². The highest BCUT2D eigenvalue weighted by Crippen LogP contribution is 2.34. The number of H-pyrrole nitrogens is 1. The topological polar surface area (TPSA) is 66.6 Å². The molecule has 2 aromatic carbocycles. The van der Waals surface area contributed by atoms with Gasteiger partial charge in [-0.2, -0.15) is 0 Å². The highest BCUT2D eigenvalue weighted by molar-refractivity contribution is 5.90. The number of hydrogen-bond acceptors (Lipinski definition) is 4. The number of fused-ring (bicyclic) bond motifs is 2. The van der Waals surface area contributed by atoms with Crippen LogP contribution >= 0.6 is 0 Å². The summed E-state index contributed by atoms with van der Waals surface area (Å²) in [5.74, 6) is 0.456. The number of para-hydroxylation sites is 2. The van der Waals surface area contributed by atoms with Crippen molar-refractivity contribution in [2.45, 2.75) is 45.3 Å². The number of anilines is 1. The van der Waals surface area contributed by atoms with E-state index in [1.807, 2.05) is 51.2 Å². The molecule has 1 atom stereocenters. The number of benzene rings is 2. The summed E-state index contributed by atoms with van der Waals surface area (Å²) in [6, 6.07) is 12.3. The van der Waals surface area contributed by atoms with Crippen molar-refractivity contribution in [1.29, 1.82) is 0 Å². The number of aryl methyl sites for hydroxylation is 1. The Balaban J connectivity index is 1.31. The highest BCUT2D eigenvalue weighted by atomic mass is 19.1. The lowest BCUT2D eigenvalue weighted by Crippen LogP contribution is -2.49. The Morgan fingerprint density at radius 2 is 2.09 bits per heavy atom. The normalized spacial score (nSPS) is 16.0. The molecule has 0 spiro atoms. The summed E-state index contributed by atoms with van der Waals surface area (Å²) in [5.41, 5.74) is 2.22. The van der Waals surface area contributed by atoms with Crippen molar-refractivity contribution in [2.24, 2.45) is 0 Å². The molecule has 3 aromatic rings. The van der Waals surface area contributed by atoms with E-state index in [1.54, 1.807) is 17.0 Å². The molecule has 1 amide bonds. The molecule has 4 rings (SSSR count). The average molecular weight is 440 g/mol. The molecule has 1 aliphatic heterocycles. The third-order valence-corrected chi connectivity index (χ3v) is 5.35. The summed E-state index contributed by atoms with van der Waals surface area (Å²) in [4.78, 5) is 17.6. The van der Waals surface area contributed by atoms with E-state index >= 15 is 0 Å². The number of amides is 1. The SMILES string of the molecule is CC(C)(C)OC(=O)N1CC(CNCCCc2c[nH]c3ccc(F)cc23)Oc2ccccc21. The number of halogens is 1. The molecule has 1 unspecified atom stereocenters. The predicted octanol–water partition coefficient (Wildman–Crippen LogP) is 5.03. The Labute approximate surface area is 187 Å². The standard InChI is InChI=1S/C25H30FN3O3/c1-25(2,3)32-24(30)29-16-19(31-23-9-5-4-8-22(23)29)15-27-12-6-7-17-14-28-21-11-10-18(26)13-20(17)21/h4-5,8-11,13-14,19,27-28H,6-7,12,15-16H2,1-3H3. The summed E-state index contributed by atoms with van der Waals surface area (Å²) >= 11 is 0. The summed E-state index contributed by atoms with van der Waals surface area (Å²) < 4.78 is 25.2. The number of nitrogens with one attached hydrogen (secondary N) is 2. The van der Waals surface area contributed by atoms with E-state index in [0.717, 1.165) is 41.5 Å². The molecule has 1 aliphatic rings. The minimum Gasteiger partial charge on any atom is -0.485 e. The van der Waals surface area contributed by atoms with Gasteiger partial charge in [0.25, 0.3) is 0 Å². The zero-order chi connectivity index (χ0) is 22.7. The molecule has 7 heteroatoms.